The maximum Gasteiger partial charge on any atom is 0.165 e. The first-order valence-electron chi connectivity index (χ1n) is 8.11. The van der Waals surface area contributed by atoms with Crippen molar-refractivity contribution in [3.8, 4) is 28.6 Å². The van der Waals surface area contributed by atoms with Crippen molar-refractivity contribution in [2.24, 2.45) is 0 Å². The molecule has 0 unspecified atom stereocenters. The zero-order valence-corrected chi connectivity index (χ0v) is 14.7. The van der Waals surface area contributed by atoms with E-state index in [4.69, 9.17) is 15.2 Å². The molecule has 0 fully saturated rings. The van der Waals surface area contributed by atoms with Crippen LogP contribution in [0.1, 0.15) is 0 Å². The summed E-state index contributed by atoms with van der Waals surface area (Å²) in [5, 5.41) is 4.36. The number of rotatable bonds is 4. The molecule has 0 saturated heterocycles. The Morgan fingerprint density at radius 1 is 1.00 bits per heavy atom. The number of anilines is 1. The van der Waals surface area contributed by atoms with Gasteiger partial charge in [0.05, 0.1) is 31.7 Å². The number of ether oxygens (including phenoxy) is 2. The van der Waals surface area contributed by atoms with Crippen molar-refractivity contribution in [2.75, 3.05) is 20.0 Å². The fourth-order valence-corrected chi connectivity index (χ4v) is 2.88. The third-order valence-electron chi connectivity index (χ3n) is 4.17. The maximum absolute atomic E-state index is 14.1. The van der Waals surface area contributed by atoms with Gasteiger partial charge in [0.25, 0.3) is 0 Å². The Balaban J connectivity index is 1.87. The molecule has 0 radical (unpaired) electrons. The van der Waals surface area contributed by atoms with E-state index in [1.54, 1.807) is 55.4 Å². The fourth-order valence-electron chi connectivity index (χ4n) is 2.88. The third-order valence-corrected chi connectivity index (χ3v) is 4.17. The average molecular weight is 365 g/mol. The molecule has 0 aliphatic carbocycles. The Labute approximate surface area is 154 Å². The first-order chi connectivity index (χ1) is 13.1. The van der Waals surface area contributed by atoms with E-state index in [0.717, 1.165) is 0 Å². The van der Waals surface area contributed by atoms with Crippen molar-refractivity contribution in [3.05, 3.63) is 54.5 Å². The minimum absolute atomic E-state index is 0.200. The molecule has 2 aromatic carbocycles. The summed E-state index contributed by atoms with van der Waals surface area (Å²) >= 11 is 0. The summed E-state index contributed by atoms with van der Waals surface area (Å²) in [7, 11) is 3.12. The molecule has 0 aliphatic rings. The van der Waals surface area contributed by atoms with Gasteiger partial charge in [-0.15, -0.1) is 0 Å². The van der Waals surface area contributed by atoms with Crippen LogP contribution < -0.4 is 15.2 Å². The number of aromatic nitrogens is 4. The molecule has 8 heteroatoms. The van der Waals surface area contributed by atoms with Crippen molar-refractivity contribution in [3.63, 3.8) is 0 Å². The lowest BCUT2D eigenvalue weighted by Gasteiger charge is -2.11. The predicted molar refractivity (Wildman–Crippen MR) is 99.6 cm³/mol. The van der Waals surface area contributed by atoms with Gasteiger partial charge in [0.1, 0.15) is 16.9 Å². The Hall–Kier alpha value is -3.68. The van der Waals surface area contributed by atoms with Crippen molar-refractivity contribution in [1.29, 1.82) is 0 Å². The van der Waals surface area contributed by atoms with Crippen LogP contribution in [0.3, 0.4) is 0 Å². The molecule has 2 heterocycles. The van der Waals surface area contributed by atoms with Crippen LogP contribution in [0.15, 0.2) is 48.7 Å². The van der Waals surface area contributed by atoms with Gasteiger partial charge in [-0.05, 0) is 24.3 Å². The van der Waals surface area contributed by atoms with Crippen molar-refractivity contribution >= 4 is 16.9 Å². The van der Waals surface area contributed by atoms with Crippen LogP contribution in [-0.4, -0.2) is 34.0 Å². The number of benzene rings is 2. The number of nitrogens with zero attached hydrogens (tertiary/aromatic N) is 4. The molecule has 27 heavy (non-hydrogen) atoms. The smallest absolute Gasteiger partial charge is 0.165 e. The van der Waals surface area contributed by atoms with E-state index in [0.29, 0.717) is 28.2 Å². The Bertz CT molecular complexity index is 1140. The Kier molecular flexibility index (Phi) is 4.08. The molecule has 7 nitrogen and oxygen atoms in total. The van der Waals surface area contributed by atoms with Gasteiger partial charge in [-0.1, -0.05) is 12.1 Å². The summed E-state index contributed by atoms with van der Waals surface area (Å²) in [6.07, 6.45) is 1.56. The van der Waals surface area contributed by atoms with Gasteiger partial charge >= 0.3 is 0 Å². The minimum Gasteiger partial charge on any atom is -0.493 e. The second-order valence-corrected chi connectivity index (χ2v) is 5.74. The summed E-state index contributed by atoms with van der Waals surface area (Å²) in [4.78, 5) is 8.70. The number of nitrogen functional groups attached to an aromatic ring is 1. The van der Waals surface area contributed by atoms with Crippen LogP contribution in [0.5, 0.6) is 11.5 Å². The zero-order chi connectivity index (χ0) is 19.0. The lowest BCUT2D eigenvalue weighted by atomic mass is 10.2. The largest absolute Gasteiger partial charge is 0.493 e. The molecule has 4 rings (SSSR count). The van der Waals surface area contributed by atoms with Crippen molar-refractivity contribution in [1.82, 2.24) is 19.7 Å². The van der Waals surface area contributed by atoms with Crippen LogP contribution in [0.25, 0.3) is 28.1 Å². The van der Waals surface area contributed by atoms with E-state index < -0.39 is 5.82 Å². The van der Waals surface area contributed by atoms with Gasteiger partial charge in [0, 0.05) is 6.07 Å². The average Bonchev–Trinajstić information content (AvgIpc) is 3.12. The minimum atomic E-state index is -0.413. The number of hydrogen-bond donors (Lipinski definition) is 1. The lowest BCUT2D eigenvalue weighted by Crippen LogP contribution is -2.03. The second kappa shape index (κ2) is 6.56. The first-order valence-corrected chi connectivity index (χ1v) is 8.11. The van der Waals surface area contributed by atoms with Crippen molar-refractivity contribution in [2.45, 2.75) is 0 Å². The topological polar surface area (TPSA) is 88.1 Å². The van der Waals surface area contributed by atoms with Gasteiger partial charge in [0.15, 0.2) is 23.1 Å². The zero-order valence-electron chi connectivity index (χ0n) is 14.7. The van der Waals surface area contributed by atoms with Crippen LogP contribution in [0.4, 0.5) is 10.2 Å². The highest BCUT2D eigenvalue weighted by molar-refractivity contribution is 5.87. The lowest BCUT2D eigenvalue weighted by molar-refractivity contribution is 0.355. The monoisotopic (exact) mass is 365 g/mol. The third kappa shape index (κ3) is 2.80. The summed E-state index contributed by atoms with van der Waals surface area (Å²) in [5.41, 5.74) is 8.19. The first kappa shape index (κ1) is 16.8. The van der Waals surface area contributed by atoms with Gasteiger partial charge in [-0.2, -0.15) is 5.10 Å². The summed E-state index contributed by atoms with van der Waals surface area (Å²) < 4.78 is 26.3. The summed E-state index contributed by atoms with van der Waals surface area (Å²) in [6, 6.07) is 11.6. The van der Waals surface area contributed by atoms with Crippen molar-refractivity contribution < 1.29 is 13.9 Å². The van der Waals surface area contributed by atoms with Crippen LogP contribution in [-0.2, 0) is 0 Å². The van der Waals surface area contributed by atoms with Gasteiger partial charge in [0.2, 0.25) is 0 Å². The molecular weight excluding hydrogens is 349 g/mol. The van der Waals surface area contributed by atoms with E-state index in [1.807, 2.05) is 6.07 Å². The molecule has 2 aromatic heterocycles. The van der Waals surface area contributed by atoms with E-state index in [9.17, 15) is 4.39 Å². The Morgan fingerprint density at radius 2 is 1.78 bits per heavy atom. The van der Waals surface area contributed by atoms with Gasteiger partial charge < -0.3 is 15.2 Å². The molecule has 0 spiro atoms. The quantitative estimate of drug-likeness (QED) is 0.597. The van der Waals surface area contributed by atoms with Crippen LogP contribution in [0, 0.1) is 5.82 Å². The number of fused-ring (bicyclic) bond motifs is 1. The molecule has 0 aliphatic heterocycles. The highest BCUT2D eigenvalue weighted by atomic mass is 19.1. The highest BCUT2D eigenvalue weighted by Crippen LogP contribution is 2.31. The SMILES string of the molecule is COc1ccc(-n2ncc3nc(-c4ccccc4F)nc(N)c32)cc1OC. The second-order valence-electron chi connectivity index (χ2n) is 5.74. The van der Waals surface area contributed by atoms with E-state index in [1.165, 1.54) is 6.07 Å². The molecule has 2 N–H and O–H groups in total. The number of methoxy groups -OCH3 is 2. The van der Waals surface area contributed by atoms with Gasteiger partial charge in [-0.3, -0.25) is 0 Å². The van der Waals surface area contributed by atoms with E-state index >= 15 is 0 Å². The fraction of sp³-hybridized carbons (Fsp3) is 0.105. The molecule has 136 valence electrons. The molecule has 0 bridgehead atoms. The number of halogens is 1. The molecule has 0 saturated carbocycles. The molecule has 0 atom stereocenters. The molecule has 0 amide bonds. The van der Waals surface area contributed by atoms with E-state index in [-0.39, 0.29) is 17.2 Å². The normalized spacial score (nSPS) is 10.9. The number of nitrogens with two attached hydrogens (primary N) is 1. The molecular formula is C19H16FN5O2. The predicted octanol–water partition coefficient (Wildman–Crippen LogP) is 3.22. The Morgan fingerprint density at radius 3 is 2.52 bits per heavy atom. The summed E-state index contributed by atoms with van der Waals surface area (Å²) in [5.74, 6) is 1.16. The van der Waals surface area contributed by atoms with Crippen LogP contribution in [0.2, 0.25) is 0 Å². The summed E-state index contributed by atoms with van der Waals surface area (Å²) in [6.45, 7) is 0. The maximum atomic E-state index is 14.1. The highest BCUT2D eigenvalue weighted by Gasteiger charge is 2.16. The van der Waals surface area contributed by atoms with Gasteiger partial charge in [-0.25, -0.2) is 19.0 Å². The standard InChI is InChI=1S/C19H16FN5O2/c1-26-15-8-7-11(9-16(15)27-2)25-17-14(10-22-25)23-19(24-18(17)21)12-5-3-4-6-13(12)20/h3-10H,1-2H3,(H2,21,23,24). The van der Waals surface area contributed by atoms with Crippen LogP contribution >= 0.6 is 0 Å². The van der Waals surface area contributed by atoms with E-state index in [2.05, 4.69) is 15.1 Å². The number of hydrogen-bond acceptors (Lipinski definition) is 6. The molecule has 4 aromatic rings.